The SMILES string of the molecule is Cc1cccc(C2CC(NC3CCCCC3CO)C2)c1. The molecule has 0 bridgehead atoms. The van der Waals surface area contributed by atoms with Crippen molar-refractivity contribution in [2.45, 2.75) is 63.5 Å². The second kappa shape index (κ2) is 6.28. The van der Waals surface area contributed by atoms with E-state index in [4.69, 9.17) is 0 Å². The molecule has 2 fully saturated rings. The van der Waals surface area contributed by atoms with Gasteiger partial charge in [0.1, 0.15) is 0 Å². The number of hydrogen-bond donors (Lipinski definition) is 2. The number of benzene rings is 1. The van der Waals surface area contributed by atoms with Crippen LogP contribution in [-0.4, -0.2) is 23.8 Å². The Morgan fingerprint density at radius 3 is 2.75 bits per heavy atom. The molecule has 0 saturated heterocycles. The Morgan fingerprint density at radius 1 is 1.20 bits per heavy atom. The Hall–Kier alpha value is -0.860. The van der Waals surface area contributed by atoms with E-state index in [0.29, 0.717) is 24.6 Å². The van der Waals surface area contributed by atoms with Gasteiger partial charge in [-0.15, -0.1) is 0 Å². The summed E-state index contributed by atoms with van der Waals surface area (Å²) in [6.07, 6.45) is 7.58. The number of aryl methyl sites for hydroxylation is 1. The van der Waals surface area contributed by atoms with E-state index in [1.165, 1.54) is 49.7 Å². The predicted molar refractivity (Wildman–Crippen MR) is 82.9 cm³/mol. The average molecular weight is 273 g/mol. The van der Waals surface area contributed by atoms with Crippen LogP contribution in [0.4, 0.5) is 0 Å². The van der Waals surface area contributed by atoms with Crippen molar-refractivity contribution in [2.75, 3.05) is 6.61 Å². The maximum absolute atomic E-state index is 9.49. The highest BCUT2D eigenvalue weighted by Gasteiger charge is 2.34. The van der Waals surface area contributed by atoms with Gasteiger partial charge in [0, 0.05) is 18.7 Å². The van der Waals surface area contributed by atoms with Gasteiger partial charge in [0.15, 0.2) is 0 Å². The third-order valence-corrected chi connectivity index (χ3v) is 5.24. The summed E-state index contributed by atoms with van der Waals surface area (Å²) in [5, 5.41) is 13.3. The Labute approximate surface area is 122 Å². The summed E-state index contributed by atoms with van der Waals surface area (Å²) < 4.78 is 0. The van der Waals surface area contributed by atoms with E-state index in [1.807, 2.05) is 0 Å². The smallest absolute Gasteiger partial charge is 0.0474 e. The Balaban J connectivity index is 1.50. The minimum absolute atomic E-state index is 0.353. The third-order valence-electron chi connectivity index (χ3n) is 5.24. The molecule has 20 heavy (non-hydrogen) atoms. The molecule has 2 nitrogen and oxygen atoms in total. The summed E-state index contributed by atoms with van der Waals surface area (Å²) in [5.74, 6) is 1.23. The van der Waals surface area contributed by atoms with E-state index in [-0.39, 0.29) is 0 Å². The van der Waals surface area contributed by atoms with Crippen molar-refractivity contribution >= 4 is 0 Å². The first-order valence-corrected chi connectivity index (χ1v) is 8.19. The Morgan fingerprint density at radius 2 is 2.00 bits per heavy atom. The first-order valence-electron chi connectivity index (χ1n) is 8.19. The number of nitrogens with one attached hydrogen (secondary N) is 1. The molecule has 2 saturated carbocycles. The van der Waals surface area contributed by atoms with E-state index >= 15 is 0 Å². The zero-order valence-electron chi connectivity index (χ0n) is 12.5. The third kappa shape index (κ3) is 3.07. The van der Waals surface area contributed by atoms with Crippen molar-refractivity contribution in [1.82, 2.24) is 5.32 Å². The van der Waals surface area contributed by atoms with Gasteiger partial charge in [-0.1, -0.05) is 42.7 Å². The van der Waals surface area contributed by atoms with Crippen LogP contribution in [0.5, 0.6) is 0 Å². The maximum atomic E-state index is 9.49. The highest BCUT2D eigenvalue weighted by Crippen LogP contribution is 2.38. The minimum Gasteiger partial charge on any atom is -0.396 e. The first-order chi connectivity index (χ1) is 9.76. The average Bonchev–Trinajstić information content (AvgIpc) is 2.42. The Bertz CT molecular complexity index is 439. The quantitative estimate of drug-likeness (QED) is 0.881. The fourth-order valence-corrected chi connectivity index (χ4v) is 3.90. The van der Waals surface area contributed by atoms with E-state index in [2.05, 4.69) is 36.5 Å². The lowest BCUT2D eigenvalue weighted by atomic mass is 9.74. The first kappa shape index (κ1) is 14.1. The fourth-order valence-electron chi connectivity index (χ4n) is 3.90. The normalized spacial score (nSPS) is 33.7. The summed E-state index contributed by atoms with van der Waals surface area (Å²) in [7, 11) is 0. The van der Waals surface area contributed by atoms with Crippen molar-refractivity contribution in [2.24, 2.45) is 5.92 Å². The zero-order valence-corrected chi connectivity index (χ0v) is 12.5. The van der Waals surface area contributed by atoms with Gasteiger partial charge >= 0.3 is 0 Å². The molecule has 0 heterocycles. The number of hydrogen-bond acceptors (Lipinski definition) is 2. The predicted octanol–water partition coefficient (Wildman–Crippen LogP) is 3.38. The fraction of sp³-hybridized carbons (Fsp3) is 0.667. The zero-order chi connectivity index (χ0) is 13.9. The van der Waals surface area contributed by atoms with E-state index in [9.17, 15) is 5.11 Å². The molecule has 2 atom stereocenters. The topological polar surface area (TPSA) is 32.3 Å². The molecule has 1 aromatic carbocycles. The van der Waals surface area contributed by atoms with Crippen LogP contribution in [0.3, 0.4) is 0 Å². The largest absolute Gasteiger partial charge is 0.396 e. The number of aliphatic hydroxyl groups is 1. The van der Waals surface area contributed by atoms with Crippen LogP contribution >= 0.6 is 0 Å². The lowest BCUT2D eigenvalue weighted by molar-refractivity contribution is 0.130. The van der Waals surface area contributed by atoms with Gasteiger partial charge in [-0.3, -0.25) is 0 Å². The maximum Gasteiger partial charge on any atom is 0.0474 e. The van der Waals surface area contributed by atoms with Gasteiger partial charge in [0.2, 0.25) is 0 Å². The van der Waals surface area contributed by atoms with Crippen molar-refractivity contribution < 1.29 is 5.11 Å². The van der Waals surface area contributed by atoms with Crippen LogP contribution < -0.4 is 5.32 Å². The summed E-state index contributed by atoms with van der Waals surface area (Å²) in [6, 6.07) is 10.2. The lowest BCUT2D eigenvalue weighted by Crippen LogP contribution is -2.50. The van der Waals surface area contributed by atoms with Gasteiger partial charge in [0.05, 0.1) is 0 Å². The van der Waals surface area contributed by atoms with Crippen LogP contribution in [-0.2, 0) is 0 Å². The molecule has 0 spiro atoms. The molecule has 2 heteroatoms. The second-order valence-corrected chi connectivity index (χ2v) is 6.78. The molecule has 3 rings (SSSR count). The van der Waals surface area contributed by atoms with Crippen LogP contribution in [0.25, 0.3) is 0 Å². The highest BCUT2D eigenvalue weighted by molar-refractivity contribution is 5.27. The molecular formula is C18H27NO. The highest BCUT2D eigenvalue weighted by atomic mass is 16.3. The van der Waals surface area contributed by atoms with Crippen LogP contribution in [0.1, 0.15) is 55.6 Å². The molecule has 2 aliphatic rings. The van der Waals surface area contributed by atoms with Crippen LogP contribution in [0.2, 0.25) is 0 Å². The van der Waals surface area contributed by atoms with Crippen molar-refractivity contribution in [3.8, 4) is 0 Å². The molecule has 2 unspecified atom stereocenters. The molecule has 0 aliphatic heterocycles. The van der Waals surface area contributed by atoms with Gasteiger partial charge in [-0.25, -0.2) is 0 Å². The van der Waals surface area contributed by atoms with Gasteiger partial charge in [-0.05, 0) is 50.0 Å². The van der Waals surface area contributed by atoms with Crippen molar-refractivity contribution in [3.05, 3.63) is 35.4 Å². The molecule has 2 N–H and O–H groups in total. The standard InChI is InChI=1S/C18H27NO/c1-13-5-4-7-14(9-13)16-10-17(11-16)19-18-8-3-2-6-15(18)12-20/h4-5,7,9,15-20H,2-3,6,8,10-12H2,1H3. The summed E-state index contributed by atoms with van der Waals surface area (Å²) in [6.45, 7) is 2.53. The molecule has 110 valence electrons. The van der Waals surface area contributed by atoms with Crippen molar-refractivity contribution in [3.63, 3.8) is 0 Å². The van der Waals surface area contributed by atoms with Crippen molar-refractivity contribution in [1.29, 1.82) is 0 Å². The van der Waals surface area contributed by atoms with Gasteiger partial charge < -0.3 is 10.4 Å². The number of aliphatic hydroxyl groups excluding tert-OH is 1. The second-order valence-electron chi connectivity index (χ2n) is 6.78. The molecule has 0 amide bonds. The summed E-state index contributed by atoms with van der Waals surface area (Å²) in [4.78, 5) is 0. The van der Waals surface area contributed by atoms with E-state index in [1.54, 1.807) is 0 Å². The summed E-state index contributed by atoms with van der Waals surface area (Å²) in [5.41, 5.74) is 2.87. The van der Waals surface area contributed by atoms with Gasteiger partial charge in [-0.2, -0.15) is 0 Å². The van der Waals surface area contributed by atoms with Crippen LogP contribution in [0.15, 0.2) is 24.3 Å². The minimum atomic E-state index is 0.353. The molecule has 0 aromatic heterocycles. The lowest BCUT2D eigenvalue weighted by Gasteiger charge is -2.42. The van der Waals surface area contributed by atoms with Gasteiger partial charge in [0.25, 0.3) is 0 Å². The van der Waals surface area contributed by atoms with E-state index < -0.39 is 0 Å². The molecular weight excluding hydrogens is 246 g/mol. The van der Waals surface area contributed by atoms with Crippen LogP contribution in [0, 0.1) is 12.8 Å². The monoisotopic (exact) mass is 273 g/mol. The summed E-state index contributed by atoms with van der Waals surface area (Å²) >= 11 is 0. The number of rotatable bonds is 4. The molecule has 2 aliphatic carbocycles. The Kier molecular flexibility index (Phi) is 4.42. The van der Waals surface area contributed by atoms with E-state index in [0.717, 1.165) is 5.92 Å². The molecule has 1 aromatic rings. The molecule has 0 radical (unpaired) electrons.